The Morgan fingerprint density at radius 3 is 2.64 bits per heavy atom. The van der Waals surface area contributed by atoms with Gasteiger partial charge in [-0.15, -0.1) is 0 Å². The van der Waals surface area contributed by atoms with E-state index in [4.69, 9.17) is 5.73 Å². The zero-order valence-electron chi connectivity index (χ0n) is 8.09. The summed E-state index contributed by atoms with van der Waals surface area (Å²) in [5, 5.41) is 0.911. The lowest BCUT2D eigenvalue weighted by atomic mass is 10.2. The van der Waals surface area contributed by atoms with Crippen molar-refractivity contribution in [2.45, 2.75) is 13.8 Å². The van der Waals surface area contributed by atoms with Crippen LogP contribution in [0.1, 0.15) is 11.1 Å². The Balaban J connectivity index is 2.90. The molecule has 0 unspecified atom stereocenters. The smallest absolute Gasteiger partial charge is 0.252 e. The highest BCUT2D eigenvalue weighted by Crippen LogP contribution is 2.15. The molecular formula is C10H11N3O. The summed E-state index contributed by atoms with van der Waals surface area (Å²) in [7, 11) is 0. The molecule has 0 aliphatic rings. The fourth-order valence-corrected chi connectivity index (χ4v) is 1.36. The minimum absolute atomic E-state index is 0.117. The van der Waals surface area contributed by atoms with Crippen LogP contribution in [0.2, 0.25) is 0 Å². The van der Waals surface area contributed by atoms with Gasteiger partial charge >= 0.3 is 0 Å². The number of rotatable bonds is 0. The molecule has 0 bridgehead atoms. The van der Waals surface area contributed by atoms with Crippen molar-refractivity contribution in [3.05, 3.63) is 33.6 Å². The number of nitrogen functional groups attached to an aromatic ring is 1. The van der Waals surface area contributed by atoms with Crippen molar-refractivity contribution in [3.63, 3.8) is 0 Å². The van der Waals surface area contributed by atoms with Crippen LogP contribution in [0.25, 0.3) is 11.0 Å². The SMILES string of the molecule is Cc1cc2cc(C)c(=O)[nH]c2nc1N. The maximum Gasteiger partial charge on any atom is 0.252 e. The Bertz CT molecular complexity index is 557. The predicted molar refractivity (Wildman–Crippen MR) is 56.3 cm³/mol. The first-order chi connectivity index (χ1) is 6.58. The van der Waals surface area contributed by atoms with Gasteiger partial charge in [0.15, 0.2) is 0 Å². The van der Waals surface area contributed by atoms with E-state index in [1.807, 2.05) is 19.1 Å². The number of fused-ring (bicyclic) bond motifs is 1. The van der Waals surface area contributed by atoms with Crippen LogP contribution < -0.4 is 11.3 Å². The van der Waals surface area contributed by atoms with Crippen LogP contribution in [0.3, 0.4) is 0 Å². The van der Waals surface area contributed by atoms with Crippen LogP contribution in [0, 0.1) is 13.8 Å². The molecular weight excluding hydrogens is 178 g/mol. The molecule has 0 aliphatic heterocycles. The summed E-state index contributed by atoms with van der Waals surface area (Å²) in [5.74, 6) is 0.456. The number of anilines is 1. The fraction of sp³-hybridized carbons (Fsp3) is 0.200. The molecule has 0 amide bonds. The first-order valence-corrected chi connectivity index (χ1v) is 4.34. The van der Waals surface area contributed by atoms with Crippen LogP contribution >= 0.6 is 0 Å². The van der Waals surface area contributed by atoms with Gasteiger partial charge < -0.3 is 10.7 Å². The van der Waals surface area contributed by atoms with Gasteiger partial charge in [-0.3, -0.25) is 4.79 Å². The third kappa shape index (κ3) is 1.25. The van der Waals surface area contributed by atoms with E-state index >= 15 is 0 Å². The number of H-pyrrole nitrogens is 1. The Kier molecular flexibility index (Phi) is 1.77. The molecule has 3 N–H and O–H groups in total. The molecule has 2 aromatic rings. The summed E-state index contributed by atoms with van der Waals surface area (Å²) < 4.78 is 0. The fourth-order valence-electron chi connectivity index (χ4n) is 1.36. The van der Waals surface area contributed by atoms with Gasteiger partial charge in [0.05, 0.1) is 0 Å². The highest BCUT2D eigenvalue weighted by atomic mass is 16.1. The first kappa shape index (κ1) is 8.74. The lowest BCUT2D eigenvalue weighted by Crippen LogP contribution is -2.10. The van der Waals surface area contributed by atoms with E-state index in [-0.39, 0.29) is 5.56 Å². The van der Waals surface area contributed by atoms with Gasteiger partial charge in [0.25, 0.3) is 5.56 Å². The van der Waals surface area contributed by atoms with Gasteiger partial charge in [0.2, 0.25) is 0 Å². The molecule has 0 saturated carbocycles. The largest absolute Gasteiger partial charge is 0.383 e. The maximum absolute atomic E-state index is 11.3. The van der Waals surface area contributed by atoms with Crippen molar-refractivity contribution in [2.75, 3.05) is 5.73 Å². The third-order valence-corrected chi connectivity index (χ3v) is 2.24. The van der Waals surface area contributed by atoms with Crippen molar-refractivity contribution in [3.8, 4) is 0 Å². The van der Waals surface area contributed by atoms with Crippen LogP contribution in [0.5, 0.6) is 0 Å². The second-order valence-corrected chi connectivity index (χ2v) is 3.41. The molecule has 2 rings (SSSR count). The number of aromatic amines is 1. The van der Waals surface area contributed by atoms with Gasteiger partial charge in [-0.05, 0) is 31.5 Å². The zero-order chi connectivity index (χ0) is 10.3. The van der Waals surface area contributed by atoms with Crippen molar-refractivity contribution in [1.29, 1.82) is 0 Å². The van der Waals surface area contributed by atoms with Crippen molar-refractivity contribution < 1.29 is 0 Å². The molecule has 14 heavy (non-hydrogen) atoms. The summed E-state index contributed by atoms with van der Waals surface area (Å²) in [6, 6.07) is 3.73. The molecule has 2 aromatic heterocycles. The van der Waals surface area contributed by atoms with Crippen LogP contribution in [0.15, 0.2) is 16.9 Å². The molecule has 0 radical (unpaired) electrons. The topological polar surface area (TPSA) is 71.8 Å². The van der Waals surface area contributed by atoms with E-state index in [2.05, 4.69) is 9.97 Å². The van der Waals surface area contributed by atoms with E-state index in [1.165, 1.54) is 0 Å². The zero-order valence-corrected chi connectivity index (χ0v) is 8.09. The van der Waals surface area contributed by atoms with E-state index in [0.717, 1.165) is 10.9 Å². The monoisotopic (exact) mass is 189 g/mol. The highest BCUT2D eigenvalue weighted by Gasteiger charge is 2.02. The normalized spacial score (nSPS) is 10.7. The molecule has 0 atom stereocenters. The second-order valence-electron chi connectivity index (χ2n) is 3.41. The van der Waals surface area contributed by atoms with Crippen molar-refractivity contribution >= 4 is 16.9 Å². The van der Waals surface area contributed by atoms with E-state index in [9.17, 15) is 4.79 Å². The lowest BCUT2D eigenvalue weighted by Gasteiger charge is -2.02. The maximum atomic E-state index is 11.3. The Labute approximate surface area is 80.8 Å². The number of nitrogens with one attached hydrogen (secondary N) is 1. The number of nitrogens with zero attached hydrogens (tertiary/aromatic N) is 1. The number of pyridine rings is 2. The summed E-state index contributed by atoms with van der Waals surface area (Å²) in [6.07, 6.45) is 0. The summed E-state index contributed by atoms with van der Waals surface area (Å²) in [6.45, 7) is 3.66. The highest BCUT2D eigenvalue weighted by molar-refractivity contribution is 5.78. The standard InChI is InChI=1S/C10H11N3O/c1-5-3-7-4-6(2)10(14)13-9(7)12-8(5)11/h3-4H,1-2H3,(H3,11,12,13,14). The van der Waals surface area contributed by atoms with Crippen LogP contribution in [-0.2, 0) is 0 Å². The lowest BCUT2D eigenvalue weighted by molar-refractivity contribution is 1.18. The first-order valence-electron chi connectivity index (χ1n) is 4.34. The molecule has 0 spiro atoms. The second kappa shape index (κ2) is 2.83. The van der Waals surface area contributed by atoms with Crippen LogP contribution in [-0.4, -0.2) is 9.97 Å². The Morgan fingerprint density at radius 2 is 1.93 bits per heavy atom. The number of aromatic nitrogens is 2. The van der Waals surface area contributed by atoms with Gasteiger partial charge in [0.1, 0.15) is 11.5 Å². The van der Waals surface area contributed by atoms with Crippen LogP contribution in [0.4, 0.5) is 5.82 Å². The Morgan fingerprint density at radius 1 is 1.29 bits per heavy atom. The average Bonchev–Trinajstić information content (AvgIpc) is 2.11. The number of nitrogens with two attached hydrogens (primary N) is 1. The molecule has 0 saturated heterocycles. The van der Waals surface area contributed by atoms with Gasteiger partial charge in [-0.2, -0.15) is 0 Å². The quantitative estimate of drug-likeness (QED) is 0.652. The summed E-state index contributed by atoms with van der Waals surface area (Å²) in [5.41, 5.74) is 7.67. The number of hydrogen-bond donors (Lipinski definition) is 2. The van der Waals surface area contributed by atoms with E-state index in [0.29, 0.717) is 17.0 Å². The molecule has 0 fully saturated rings. The van der Waals surface area contributed by atoms with E-state index < -0.39 is 0 Å². The number of aryl methyl sites for hydroxylation is 2. The molecule has 0 aromatic carbocycles. The average molecular weight is 189 g/mol. The minimum atomic E-state index is -0.117. The third-order valence-electron chi connectivity index (χ3n) is 2.24. The molecule has 72 valence electrons. The van der Waals surface area contributed by atoms with Gasteiger partial charge in [-0.1, -0.05) is 0 Å². The molecule has 0 aliphatic carbocycles. The molecule has 4 nitrogen and oxygen atoms in total. The van der Waals surface area contributed by atoms with E-state index in [1.54, 1.807) is 6.92 Å². The van der Waals surface area contributed by atoms with Crippen molar-refractivity contribution in [2.24, 2.45) is 0 Å². The number of hydrogen-bond acceptors (Lipinski definition) is 3. The minimum Gasteiger partial charge on any atom is -0.383 e. The molecule has 2 heterocycles. The van der Waals surface area contributed by atoms with Gasteiger partial charge in [-0.25, -0.2) is 4.98 Å². The summed E-state index contributed by atoms with van der Waals surface area (Å²) >= 11 is 0. The molecule has 4 heteroatoms. The van der Waals surface area contributed by atoms with Crippen molar-refractivity contribution in [1.82, 2.24) is 9.97 Å². The summed E-state index contributed by atoms with van der Waals surface area (Å²) in [4.78, 5) is 18.1. The van der Waals surface area contributed by atoms with Gasteiger partial charge in [0, 0.05) is 10.9 Å². The predicted octanol–water partition coefficient (Wildman–Crippen LogP) is 1.12. The Hall–Kier alpha value is -1.84.